The lowest BCUT2D eigenvalue weighted by molar-refractivity contribution is 0.109. The standard InChI is InChI=1S/C7H4N2O2S2/c10-3-5-1-2-6(11-5)13-7-9-8-4-12-7/h1-4H. The second-order valence-corrected chi connectivity index (χ2v) is 4.17. The number of rotatable bonds is 3. The van der Waals surface area contributed by atoms with Crippen molar-refractivity contribution in [1.82, 2.24) is 10.2 Å². The summed E-state index contributed by atoms with van der Waals surface area (Å²) in [6.45, 7) is 0. The predicted molar refractivity (Wildman–Crippen MR) is 48.1 cm³/mol. The molecule has 0 amide bonds. The third kappa shape index (κ3) is 1.96. The van der Waals surface area contributed by atoms with Crippen LogP contribution in [0, 0.1) is 0 Å². The van der Waals surface area contributed by atoms with E-state index in [0.29, 0.717) is 17.1 Å². The first-order chi connectivity index (χ1) is 6.38. The summed E-state index contributed by atoms with van der Waals surface area (Å²) in [5.41, 5.74) is 1.64. The first kappa shape index (κ1) is 8.46. The summed E-state index contributed by atoms with van der Waals surface area (Å²) in [6.07, 6.45) is 0.671. The first-order valence-corrected chi connectivity index (χ1v) is 5.07. The molecule has 4 nitrogen and oxygen atoms in total. The van der Waals surface area contributed by atoms with Gasteiger partial charge in [0.15, 0.2) is 21.5 Å². The molecule has 66 valence electrons. The zero-order valence-corrected chi connectivity index (χ0v) is 7.97. The molecular weight excluding hydrogens is 208 g/mol. The number of furan rings is 1. The Morgan fingerprint density at radius 3 is 3.08 bits per heavy atom. The highest BCUT2D eigenvalue weighted by atomic mass is 32.2. The minimum Gasteiger partial charge on any atom is -0.447 e. The highest BCUT2D eigenvalue weighted by Gasteiger charge is 2.05. The molecule has 0 saturated heterocycles. The van der Waals surface area contributed by atoms with Crippen LogP contribution in [0.3, 0.4) is 0 Å². The SMILES string of the molecule is O=Cc1ccc(Sc2nncs2)o1. The normalized spacial score (nSPS) is 10.2. The molecule has 2 aromatic heterocycles. The van der Waals surface area contributed by atoms with Crippen molar-refractivity contribution in [2.45, 2.75) is 9.43 Å². The van der Waals surface area contributed by atoms with Crippen molar-refractivity contribution in [3.63, 3.8) is 0 Å². The van der Waals surface area contributed by atoms with Crippen molar-refractivity contribution in [3.8, 4) is 0 Å². The molecule has 0 aliphatic heterocycles. The summed E-state index contributed by atoms with van der Waals surface area (Å²) < 4.78 is 5.94. The second kappa shape index (κ2) is 3.71. The molecule has 0 atom stereocenters. The highest BCUT2D eigenvalue weighted by Crippen LogP contribution is 2.29. The smallest absolute Gasteiger partial charge is 0.185 e. The van der Waals surface area contributed by atoms with Crippen molar-refractivity contribution in [2.24, 2.45) is 0 Å². The van der Waals surface area contributed by atoms with Crippen molar-refractivity contribution in [2.75, 3.05) is 0 Å². The zero-order chi connectivity index (χ0) is 9.10. The van der Waals surface area contributed by atoms with Gasteiger partial charge in [0.2, 0.25) is 0 Å². The monoisotopic (exact) mass is 212 g/mol. The third-order valence-corrected chi connectivity index (χ3v) is 2.94. The van der Waals surface area contributed by atoms with Gasteiger partial charge >= 0.3 is 0 Å². The maximum atomic E-state index is 10.3. The minimum absolute atomic E-state index is 0.326. The molecule has 0 radical (unpaired) electrons. The van der Waals surface area contributed by atoms with Gasteiger partial charge in [0.1, 0.15) is 5.51 Å². The molecule has 2 rings (SSSR count). The summed E-state index contributed by atoms with van der Waals surface area (Å²) in [4.78, 5) is 10.3. The van der Waals surface area contributed by atoms with Gasteiger partial charge in [-0.3, -0.25) is 4.79 Å². The van der Waals surface area contributed by atoms with E-state index in [1.807, 2.05) is 0 Å². The van der Waals surface area contributed by atoms with Gasteiger partial charge in [0.25, 0.3) is 0 Å². The number of carbonyl (C=O) groups is 1. The Bertz CT molecular complexity index is 396. The van der Waals surface area contributed by atoms with Crippen molar-refractivity contribution >= 4 is 29.4 Å². The van der Waals surface area contributed by atoms with Gasteiger partial charge in [0.05, 0.1) is 0 Å². The lowest BCUT2D eigenvalue weighted by Crippen LogP contribution is -1.69. The number of aromatic nitrogens is 2. The molecule has 0 aliphatic rings. The van der Waals surface area contributed by atoms with Crippen molar-refractivity contribution < 1.29 is 9.21 Å². The molecule has 0 aromatic carbocycles. The minimum atomic E-state index is 0.326. The van der Waals surface area contributed by atoms with Crippen LogP contribution < -0.4 is 0 Å². The van der Waals surface area contributed by atoms with E-state index in [1.165, 1.54) is 23.1 Å². The lowest BCUT2D eigenvalue weighted by atomic mass is 10.5. The molecule has 0 unspecified atom stereocenters. The summed E-state index contributed by atoms with van der Waals surface area (Å²) >= 11 is 2.78. The van der Waals surface area contributed by atoms with Crippen molar-refractivity contribution in [1.29, 1.82) is 0 Å². The van der Waals surface area contributed by atoms with Crippen LogP contribution in [0.1, 0.15) is 10.6 Å². The maximum Gasteiger partial charge on any atom is 0.185 e. The Balaban J connectivity index is 2.14. The first-order valence-electron chi connectivity index (χ1n) is 3.37. The van der Waals surface area contributed by atoms with E-state index in [2.05, 4.69) is 10.2 Å². The quantitative estimate of drug-likeness (QED) is 0.729. The van der Waals surface area contributed by atoms with Crippen LogP contribution in [0.15, 0.2) is 31.5 Å². The third-order valence-electron chi connectivity index (χ3n) is 1.25. The average Bonchev–Trinajstić information content (AvgIpc) is 2.76. The molecular formula is C7H4N2O2S2. The maximum absolute atomic E-state index is 10.3. The molecule has 13 heavy (non-hydrogen) atoms. The van der Waals surface area contributed by atoms with E-state index in [0.717, 1.165) is 4.34 Å². The molecule has 0 spiro atoms. The zero-order valence-electron chi connectivity index (χ0n) is 6.34. The predicted octanol–water partition coefficient (Wildman–Crippen LogP) is 2.09. The van der Waals surface area contributed by atoms with E-state index in [9.17, 15) is 4.79 Å². The van der Waals surface area contributed by atoms with Crippen LogP contribution >= 0.6 is 23.1 Å². The molecule has 2 aromatic rings. The molecule has 0 aliphatic carbocycles. The average molecular weight is 212 g/mol. The van der Waals surface area contributed by atoms with Crippen LogP contribution in [0.5, 0.6) is 0 Å². The van der Waals surface area contributed by atoms with Crippen LogP contribution in [0.2, 0.25) is 0 Å². The fraction of sp³-hybridized carbons (Fsp3) is 0. The van der Waals surface area contributed by atoms with Gasteiger partial charge in [-0.2, -0.15) is 0 Å². The van der Waals surface area contributed by atoms with E-state index in [1.54, 1.807) is 17.6 Å². The van der Waals surface area contributed by atoms with E-state index in [-0.39, 0.29) is 0 Å². The molecule has 0 N–H and O–H groups in total. The fourth-order valence-electron chi connectivity index (χ4n) is 0.746. The van der Waals surface area contributed by atoms with Gasteiger partial charge in [-0.1, -0.05) is 11.3 Å². The molecule has 6 heteroatoms. The van der Waals surface area contributed by atoms with Gasteiger partial charge in [-0.05, 0) is 23.9 Å². The second-order valence-electron chi connectivity index (χ2n) is 2.08. The Hall–Kier alpha value is -1.14. The Kier molecular flexibility index (Phi) is 2.42. The van der Waals surface area contributed by atoms with Gasteiger partial charge in [-0.15, -0.1) is 10.2 Å². The molecule has 2 heterocycles. The summed E-state index contributed by atoms with van der Waals surface area (Å²) in [5, 5.41) is 8.16. The summed E-state index contributed by atoms with van der Waals surface area (Å²) in [7, 11) is 0. The largest absolute Gasteiger partial charge is 0.447 e. The van der Waals surface area contributed by atoms with Crippen molar-refractivity contribution in [3.05, 3.63) is 23.4 Å². The van der Waals surface area contributed by atoms with Gasteiger partial charge in [-0.25, -0.2) is 0 Å². The number of hydrogen-bond acceptors (Lipinski definition) is 6. The van der Waals surface area contributed by atoms with Crippen LogP contribution in [0.4, 0.5) is 0 Å². The number of nitrogens with zero attached hydrogens (tertiary/aromatic N) is 2. The Morgan fingerprint density at radius 1 is 1.54 bits per heavy atom. The number of hydrogen-bond donors (Lipinski definition) is 0. The van der Waals surface area contributed by atoms with Gasteiger partial charge in [0, 0.05) is 0 Å². The molecule has 0 saturated carbocycles. The van der Waals surface area contributed by atoms with E-state index < -0.39 is 0 Å². The number of aldehydes is 1. The highest BCUT2D eigenvalue weighted by molar-refractivity contribution is 8.00. The van der Waals surface area contributed by atoms with E-state index >= 15 is 0 Å². The Labute approximate surface area is 82.0 Å². The van der Waals surface area contributed by atoms with Crippen LogP contribution in [0.25, 0.3) is 0 Å². The summed E-state index contributed by atoms with van der Waals surface area (Å²) in [5.74, 6) is 0.326. The number of carbonyl (C=O) groups excluding carboxylic acids is 1. The van der Waals surface area contributed by atoms with E-state index in [4.69, 9.17) is 4.42 Å². The van der Waals surface area contributed by atoms with Crippen LogP contribution in [-0.4, -0.2) is 16.5 Å². The van der Waals surface area contributed by atoms with Gasteiger partial charge < -0.3 is 4.42 Å². The lowest BCUT2D eigenvalue weighted by Gasteiger charge is -1.87. The fourth-order valence-corrected chi connectivity index (χ4v) is 2.13. The Morgan fingerprint density at radius 2 is 2.46 bits per heavy atom. The molecule has 0 fully saturated rings. The van der Waals surface area contributed by atoms with Crippen LogP contribution in [-0.2, 0) is 0 Å². The summed E-state index contributed by atoms with van der Waals surface area (Å²) in [6, 6.07) is 3.35. The molecule has 0 bridgehead atoms. The topological polar surface area (TPSA) is 56.0 Å².